The molecule has 2 heteroatoms. The fourth-order valence-corrected chi connectivity index (χ4v) is 11.6. The first-order chi connectivity index (χ1) is 13.8. The normalized spacial score (nSPS) is 19.4. The Morgan fingerprint density at radius 3 is 1.71 bits per heavy atom. The van der Waals surface area contributed by atoms with Gasteiger partial charge in [0.05, 0.1) is 0 Å². The first kappa shape index (κ1) is 20.7. The van der Waals surface area contributed by atoms with Crippen LogP contribution in [0.25, 0.3) is 11.1 Å². The van der Waals surface area contributed by atoms with Crippen molar-refractivity contribution in [2.45, 2.75) is 86.9 Å². The molecule has 0 saturated heterocycles. The van der Waals surface area contributed by atoms with Gasteiger partial charge in [0.15, 0.2) is 0 Å². The van der Waals surface area contributed by atoms with Crippen molar-refractivity contribution in [3.63, 3.8) is 0 Å². The van der Waals surface area contributed by atoms with E-state index in [9.17, 15) is 0 Å². The maximum absolute atomic E-state index is 2.53. The molecule has 4 rings (SSSR count). The third kappa shape index (κ3) is 4.60. The zero-order chi connectivity index (χ0) is 19.3. The molecule has 2 aromatic carbocycles. The van der Waals surface area contributed by atoms with Crippen LogP contribution < -0.4 is 9.66 Å². The Hall–Kier alpha value is -0.572. The van der Waals surface area contributed by atoms with Gasteiger partial charge in [-0.3, -0.25) is 0 Å². The SMILES string of the molecule is C[As](C)c1ccccc1-c1ccccc1P(C1CCCCC1)C1CCCCC1. The molecule has 0 amide bonds. The molecular weight excluding hydrogens is 418 g/mol. The van der Waals surface area contributed by atoms with Crippen LogP contribution in [0.3, 0.4) is 0 Å². The summed E-state index contributed by atoms with van der Waals surface area (Å²) >= 11 is -0.922. The molecule has 0 unspecified atom stereocenters. The average molecular weight is 454 g/mol. The minimum atomic E-state index is -0.922. The summed E-state index contributed by atoms with van der Waals surface area (Å²) in [6, 6.07) is 18.9. The van der Waals surface area contributed by atoms with Crippen LogP contribution >= 0.6 is 7.92 Å². The molecule has 150 valence electrons. The van der Waals surface area contributed by atoms with E-state index in [0.717, 1.165) is 11.3 Å². The summed E-state index contributed by atoms with van der Waals surface area (Å²) in [5.74, 6) is 0. The Kier molecular flexibility index (Phi) is 7.36. The minimum absolute atomic E-state index is 0.0520. The molecule has 0 N–H and O–H groups in total. The summed E-state index contributed by atoms with van der Waals surface area (Å²) in [5, 5.41) is 1.75. The van der Waals surface area contributed by atoms with Crippen LogP contribution in [-0.4, -0.2) is 26.0 Å². The van der Waals surface area contributed by atoms with Crippen molar-refractivity contribution >= 4 is 32.2 Å². The van der Waals surface area contributed by atoms with Crippen molar-refractivity contribution in [2.24, 2.45) is 0 Å². The summed E-state index contributed by atoms with van der Waals surface area (Å²) in [4.78, 5) is 0. The molecule has 2 aliphatic carbocycles. The predicted octanol–water partition coefficient (Wildman–Crippen LogP) is 7.09. The van der Waals surface area contributed by atoms with Gasteiger partial charge >= 0.3 is 179 Å². The van der Waals surface area contributed by atoms with Crippen LogP contribution in [0.1, 0.15) is 64.2 Å². The van der Waals surface area contributed by atoms with Crippen molar-refractivity contribution in [2.75, 3.05) is 0 Å². The first-order valence-electron chi connectivity index (χ1n) is 11.4. The number of benzene rings is 2. The van der Waals surface area contributed by atoms with Crippen molar-refractivity contribution in [3.8, 4) is 11.1 Å². The van der Waals surface area contributed by atoms with Gasteiger partial charge in [0.1, 0.15) is 0 Å². The zero-order valence-electron chi connectivity index (χ0n) is 17.7. The molecule has 0 spiro atoms. The van der Waals surface area contributed by atoms with Crippen LogP contribution in [0, 0.1) is 0 Å². The monoisotopic (exact) mass is 454 g/mol. The third-order valence-electron chi connectivity index (χ3n) is 6.79. The average Bonchev–Trinajstić information content (AvgIpc) is 2.76. The number of hydrogen-bond donors (Lipinski definition) is 0. The van der Waals surface area contributed by atoms with Crippen molar-refractivity contribution in [1.29, 1.82) is 0 Å². The van der Waals surface area contributed by atoms with Gasteiger partial charge in [0.25, 0.3) is 0 Å². The fraction of sp³-hybridized carbons (Fsp3) is 0.538. The maximum atomic E-state index is 2.53. The van der Waals surface area contributed by atoms with E-state index >= 15 is 0 Å². The number of hydrogen-bond acceptors (Lipinski definition) is 0. The van der Waals surface area contributed by atoms with E-state index in [0.29, 0.717) is 0 Å². The van der Waals surface area contributed by atoms with Crippen LogP contribution in [0.2, 0.25) is 11.4 Å². The van der Waals surface area contributed by atoms with Crippen LogP contribution in [0.15, 0.2) is 48.5 Å². The Bertz CT molecular complexity index is 739. The second kappa shape index (κ2) is 9.96. The fourth-order valence-electron chi connectivity index (χ4n) is 5.43. The summed E-state index contributed by atoms with van der Waals surface area (Å²) < 4.78 is 1.66. The van der Waals surface area contributed by atoms with E-state index in [4.69, 9.17) is 0 Å². The van der Waals surface area contributed by atoms with E-state index in [1.165, 1.54) is 64.2 Å². The molecule has 0 nitrogen and oxygen atoms in total. The van der Waals surface area contributed by atoms with Crippen LogP contribution in [0.4, 0.5) is 0 Å². The quantitative estimate of drug-likeness (QED) is 0.334. The third-order valence-corrected chi connectivity index (χ3v) is 13.2. The molecule has 2 aliphatic rings. The Morgan fingerprint density at radius 2 is 1.14 bits per heavy atom. The summed E-state index contributed by atoms with van der Waals surface area (Å²) in [6.45, 7) is 0. The van der Waals surface area contributed by atoms with Gasteiger partial charge in [-0.2, -0.15) is 0 Å². The number of rotatable bonds is 5. The van der Waals surface area contributed by atoms with E-state index in [1.807, 2.05) is 0 Å². The van der Waals surface area contributed by atoms with Gasteiger partial charge in [-0.25, -0.2) is 0 Å². The summed E-state index contributed by atoms with van der Waals surface area (Å²) in [5.41, 5.74) is 10.1. The molecule has 0 radical (unpaired) electrons. The standard InChI is InChI=1S/C26H36AsP/c1-27(2)25-19-11-9-17-23(25)24-18-10-12-20-26(24)28(21-13-5-3-6-14-21)22-15-7-4-8-16-22/h9-12,17-22H,3-8,13-16H2,1-2H3. The van der Waals surface area contributed by atoms with Gasteiger partial charge in [0, 0.05) is 0 Å². The molecule has 2 saturated carbocycles. The molecule has 2 fully saturated rings. The van der Waals surface area contributed by atoms with Crippen LogP contribution in [0.5, 0.6) is 0 Å². The second-order valence-corrected chi connectivity index (χ2v) is 16.4. The van der Waals surface area contributed by atoms with Gasteiger partial charge in [-0.15, -0.1) is 0 Å². The van der Waals surface area contributed by atoms with E-state index in [1.54, 1.807) is 20.8 Å². The molecule has 0 aliphatic heterocycles. The van der Waals surface area contributed by atoms with Gasteiger partial charge in [-0.1, -0.05) is 0 Å². The topological polar surface area (TPSA) is 0 Å². The molecular formula is C26H36AsP. The molecule has 0 atom stereocenters. The van der Waals surface area contributed by atoms with Gasteiger partial charge < -0.3 is 0 Å². The predicted molar refractivity (Wildman–Crippen MR) is 129 cm³/mol. The molecule has 0 aromatic heterocycles. The Morgan fingerprint density at radius 1 is 0.643 bits per heavy atom. The van der Waals surface area contributed by atoms with Gasteiger partial charge in [0.2, 0.25) is 0 Å². The Labute approximate surface area is 178 Å². The van der Waals surface area contributed by atoms with E-state index in [2.05, 4.69) is 60.0 Å². The van der Waals surface area contributed by atoms with E-state index in [-0.39, 0.29) is 7.92 Å². The summed E-state index contributed by atoms with van der Waals surface area (Å²) in [7, 11) is -0.0520. The molecule has 28 heavy (non-hydrogen) atoms. The van der Waals surface area contributed by atoms with Crippen LogP contribution in [-0.2, 0) is 0 Å². The molecule has 0 heterocycles. The zero-order valence-corrected chi connectivity index (χ0v) is 20.5. The van der Waals surface area contributed by atoms with Crippen molar-refractivity contribution < 1.29 is 0 Å². The summed E-state index contributed by atoms with van der Waals surface area (Å²) in [6.07, 6.45) is 14.7. The second-order valence-electron chi connectivity index (χ2n) is 8.92. The molecule has 2 aromatic rings. The molecule has 0 bridgehead atoms. The van der Waals surface area contributed by atoms with Crippen molar-refractivity contribution in [1.82, 2.24) is 0 Å². The Balaban J connectivity index is 1.79. The van der Waals surface area contributed by atoms with Gasteiger partial charge in [-0.05, 0) is 0 Å². The van der Waals surface area contributed by atoms with E-state index < -0.39 is 14.7 Å². The first-order valence-corrected chi connectivity index (χ1v) is 17.6. The van der Waals surface area contributed by atoms with Crippen molar-refractivity contribution in [3.05, 3.63) is 48.5 Å².